The number of aryl methyl sites for hydroxylation is 2. The number of rotatable bonds is 7. The highest BCUT2D eigenvalue weighted by Crippen LogP contribution is 2.36. The Balaban J connectivity index is 1.76. The van der Waals surface area contributed by atoms with Crippen molar-refractivity contribution in [2.75, 3.05) is 6.54 Å². The van der Waals surface area contributed by atoms with Crippen LogP contribution < -0.4 is 5.46 Å². The summed E-state index contributed by atoms with van der Waals surface area (Å²) in [4.78, 5) is 14.9. The summed E-state index contributed by atoms with van der Waals surface area (Å²) in [7, 11) is -0.427. The predicted molar refractivity (Wildman–Crippen MR) is 123 cm³/mol. The van der Waals surface area contributed by atoms with Gasteiger partial charge in [0.25, 0.3) is 0 Å². The molecule has 160 valence electrons. The first kappa shape index (κ1) is 22.6. The third-order valence-corrected chi connectivity index (χ3v) is 6.37. The summed E-state index contributed by atoms with van der Waals surface area (Å²) in [5.74, 6) is 0.169. The van der Waals surface area contributed by atoms with E-state index in [1.165, 1.54) is 5.56 Å². The van der Waals surface area contributed by atoms with Crippen LogP contribution in [-0.4, -0.2) is 35.7 Å². The van der Waals surface area contributed by atoms with E-state index >= 15 is 0 Å². The molecular formula is C25H34BNO3. The fraction of sp³-hybridized carbons (Fsp3) is 0.480. The summed E-state index contributed by atoms with van der Waals surface area (Å²) in [6.45, 7) is 13.6. The molecule has 1 fully saturated rings. The quantitative estimate of drug-likeness (QED) is 0.644. The molecule has 0 N–H and O–H groups in total. The maximum atomic E-state index is 12.9. The van der Waals surface area contributed by atoms with Gasteiger partial charge >= 0.3 is 7.12 Å². The summed E-state index contributed by atoms with van der Waals surface area (Å²) in [5, 5.41) is 0. The Kier molecular flexibility index (Phi) is 6.73. The third-order valence-electron chi connectivity index (χ3n) is 6.37. The lowest BCUT2D eigenvalue weighted by atomic mass is 9.75. The van der Waals surface area contributed by atoms with Crippen LogP contribution >= 0.6 is 0 Å². The van der Waals surface area contributed by atoms with E-state index in [0.29, 0.717) is 19.5 Å². The normalized spacial score (nSPS) is 17.2. The van der Waals surface area contributed by atoms with Crippen LogP contribution in [0.25, 0.3) is 0 Å². The summed E-state index contributed by atoms with van der Waals surface area (Å²) in [6, 6.07) is 16.5. The van der Waals surface area contributed by atoms with Gasteiger partial charge in [0, 0.05) is 19.5 Å². The Labute approximate surface area is 181 Å². The van der Waals surface area contributed by atoms with Gasteiger partial charge in [-0.05, 0) is 64.6 Å². The van der Waals surface area contributed by atoms with Gasteiger partial charge in [-0.2, -0.15) is 0 Å². The number of hydrogen-bond acceptors (Lipinski definition) is 3. The van der Waals surface area contributed by atoms with E-state index in [1.807, 2.05) is 30.0 Å². The van der Waals surface area contributed by atoms with Gasteiger partial charge in [-0.1, -0.05) is 54.1 Å². The number of hydrogen-bond donors (Lipinski definition) is 0. The van der Waals surface area contributed by atoms with E-state index in [-0.39, 0.29) is 5.91 Å². The van der Waals surface area contributed by atoms with Crippen molar-refractivity contribution < 1.29 is 14.1 Å². The number of carbonyl (C=O) groups is 1. The molecule has 3 rings (SSSR count). The van der Waals surface area contributed by atoms with Crippen molar-refractivity contribution in [1.82, 2.24) is 4.90 Å². The Hall–Kier alpha value is -2.11. The maximum Gasteiger partial charge on any atom is 0.495 e. The number of nitrogens with zero attached hydrogens (tertiary/aromatic N) is 1. The monoisotopic (exact) mass is 407 g/mol. The topological polar surface area (TPSA) is 38.8 Å². The molecule has 0 atom stereocenters. The molecule has 1 aliphatic rings. The van der Waals surface area contributed by atoms with Crippen LogP contribution in [0, 0.1) is 6.92 Å². The minimum Gasteiger partial charge on any atom is -0.399 e. The first-order valence-electron chi connectivity index (χ1n) is 10.9. The summed E-state index contributed by atoms with van der Waals surface area (Å²) in [5.41, 5.74) is 3.66. The van der Waals surface area contributed by atoms with E-state index < -0.39 is 18.3 Å². The predicted octanol–water partition coefficient (Wildman–Crippen LogP) is 4.28. The molecular weight excluding hydrogens is 373 g/mol. The third kappa shape index (κ3) is 4.96. The molecule has 30 heavy (non-hydrogen) atoms. The Bertz CT molecular complexity index is 863. The van der Waals surface area contributed by atoms with E-state index in [2.05, 4.69) is 65.0 Å². The molecule has 0 unspecified atom stereocenters. The van der Waals surface area contributed by atoms with Crippen molar-refractivity contribution in [2.45, 2.75) is 72.1 Å². The highest BCUT2D eigenvalue weighted by atomic mass is 16.7. The Morgan fingerprint density at radius 2 is 1.63 bits per heavy atom. The van der Waals surface area contributed by atoms with Gasteiger partial charge in [0.2, 0.25) is 5.91 Å². The molecule has 1 amide bonds. The van der Waals surface area contributed by atoms with Crippen molar-refractivity contribution in [1.29, 1.82) is 0 Å². The first-order chi connectivity index (χ1) is 14.1. The van der Waals surface area contributed by atoms with Crippen LogP contribution in [0.3, 0.4) is 0 Å². The largest absolute Gasteiger partial charge is 0.495 e. The fourth-order valence-corrected chi connectivity index (χ4v) is 3.71. The van der Waals surface area contributed by atoms with Crippen LogP contribution in [0.2, 0.25) is 0 Å². The lowest BCUT2D eigenvalue weighted by Gasteiger charge is -2.32. The maximum absolute atomic E-state index is 12.9. The molecule has 1 aliphatic heterocycles. The van der Waals surface area contributed by atoms with Crippen LogP contribution in [0.15, 0.2) is 48.5 Å². The van der Waals surface area contributed by atoms with Crippen molar-refractivity contribution in [3.8, 4) is 0 Å². The van der Waals surface area contributed by atoms with Gasteiger partial charge in [0.1, 0.15) is 0 Å². The molecule has 1 heterocycles. The molecule has 4 nitrogen and oxygen atoms in total. The number of carbonyl (C=O) groups excluding carboxylic acids is 1. The molecule has 2 aromatic rings. The van der Waals surface area contributed by atoms with Gasteiger partial charge in [-0.25, -0.2) is 0 Å². The number of amides is 1. The van der Waals surface area contributed by atoms with Crippen molar-refractivity contribution >= 4 is 18.5 Å². The van der Waals surface area contributed by atoms with Gasteiger partial charge in [-0.15, -0.1) is 0 Å². The van der Waals surface area contributed by atoms with Crippen molar-refractivity contribution in [3.05, 3.63) is 65.2 Å². The van der Waals surface area contributed by atoms with E-state index in [4.69, 9.17) is 9.31 Å². The number of benzene rings is 2. The highest BCUT2D eigenvalue weighted by molar-refractivity contribution is 6.62. The smallest absolute Gasteiger partial charge is 0.399 e. The average Bonchev–Trinajstić information content (AvgIpc) is 2.92. The van der Waals surface area contributed by atoms with E-state index in [9.17, 15) is 4.79 Å². The minimum absolute atomic E-state index is 0.169. The standard InChI is InChI=1S/C25H34BNO3/c1-7-27(23(28)16-14-20-11-9-8-10-12-20)18-21-17-19(2)13-15-22(21)26-29-24(3,4)25(5,6)30-26/h8-13,15,17H,7,14,16,18H2,1-6H3. The highest BCUT2D eigenvalue weighted by Gasteiger charge is 2.52. The summed E-state index contributed by atoms with van der Waals surface area (Å²) < 4.78 is 12.6. The molecule has 0 aromatic heterocycles. The molecule has 0 aliphatic carbocycles. The SMILES string of the molecule is CCN(Cc1cc(C)ccc1B1OC(C)(C)C(C)(C)O1)C(=O)CCc1ccccc1. The van der Waals surface area contributed by atoms with Gasteiger partial charge in [0.05, 0.1) is 11.2 Å². The second kappa shape index (κ2) is 8.95. The fourth-order valence-electron chi connectivity index (χ4n) is 3.71. The Morgan fingerprint density at radius 3 is 2.23 bits per heavy atom. The lowest BCUT2D eigenvalue weighted by Crippen LogP contribution is -2.41. The van der Waals surface area contributed by atoms with Gasteiger partial charge < -0.3 is 14.2 Å². The van der Waals surface area contributed by atoms with Crippen molar-refractivity contribution in [2.24, 2.45) is 0 Å². The molecule has 0 bridgehead atoms. The van der Waals surface area contributed by atoms with Crippen LogP contribution in [0.4, 0.5) is 0 Å². The van der Waals surface area contributed by atoms with Crippen LogP contribution in [0.5, 0.6) is 0 Å². The summed E-state index contributed by atoms with van der Waals surface area (Å²) in [6.07, 6.45) is 1.27. The molecule has 1 saturated heterocycles. The zero-order valence-corrected chi connectivity index (χ0v) is 19.2. The van der Waals surface area contributed by atoms with Crippen molar-refractivity contribution in [3.63, 3.8) is 0 Å². The van der Waals surface area contributed by atoms with E-state index in [1.54, 1.807) is 0 Å². The molecule has 0 radical (unpaired) electrons. The molecule has 0 spiro atoms. The molecule has 2 aromatic carbocycles. The average molecular weight is 407 g/mol. The van der Waals surface area contributed by atoms with Crippen LogP contribution in [-0.2, 0) is 27.1 Å². The zero-order valence-electron chi connectivity index (χ0n) is 19.2. The second-order valence-corrected chi connectivity index (χ2v) is 9.18. The summed E-state index contributed by atoms with van der Waals surface area (Å²) >= 11 is 0. The zero-order chi connectivity index (χ0) is 21.9. The minimum atomic E-state index is -0.427. The van der Waals surface area contributed by atoms with E-state index in [0.717, 1.165) is 23.0 Å². The van der Waals surface area contributed by atoms with Crippen LogP contribution in [0.1, 0.15) is 57.7 Å². The van der Waals surface area contributed by atoms with Gasteiger partial charge in [-0.3, -0.25) is 4.79 Å². The first-order valence-corrected chi connectivity index (χ1v) is 10.9. The van der Waals surface area contributed by atoms with Gasteiger partial charge in [0.15, 0.2) is 0 Å². The lowest BCUT2D eigenvalue weighted by molar-refractivity contribution is -0.131. The molecule has 0 saturated carbocycles. The molecule has 5 heteroatoms. The second-order valence-electron chi connectivity index (χ2n) is 9.18. The Morgan fingerprint density at radius 1 is 1.00 bits per heavy atom.